The molecule has 2 fully saturated rings. The third-order valence-electron chi connectivity index (χ3n) is 3.52. The number of rotatable bonds is 2. The summed E-state index contributed by atoms with van der Waals surface area (Å²) in [7, 11) is 0. The van der Waals surface area contributed by atoms with E-state index in [9.17, 15) is 9.90 Å². The number of aliphatic hydroxyl groups excluding tert-OH is 1. The molecule has 0 amide bonds. The predicted molar refractivity (Wildman–Crippen MR) is 51.6 cm³/mol. The Morgan fingerprint density at radius 3 is 2.50 bits per heavy atom. The van der Waals surface area contributed by atoms with Gasteiger partial charge in [-0.1, -0.05) is 19.3 Å². The Bertz CT molecular complexity index is 209. The van der Waals surface area contributed by atoms with E-state index in [1.165, 1.54) is 19.3 Å². The fraction of sp³-hybridized carbons (Fsp3) is 0.909. The summed E-state index contributed by atoms with van der Waals surface area (Å²) in [6.07, 6.45) is 6.07. The molecule has 80 valence electrons. The van der Waals surface area contributed by atoms with Gasteiger partial charge >= 0.3 is 5.97 Å². The summed E-state index contributed by atoms with van der Waals surface area (Å²) in [6, 6.07) is 0. The number of aliphatic hydroxyl groups is 1. The van der Waals surface area contributed by atoms with E-state index in [0.29, 0.717) is 18.9 Å². The van der Waals surface area contributed by atoms with Crippen molar-refractivity contribution in [2.75, 3.05) is 6.61 Å². The van der Waals surface area contributed by atoms with Gasteiger partial charge in [0.1, 0.15) is 0 Å². The van der Waals surface area contributed by atoms with E-state index in [1.807, 2.05) is 0 Å². The van der Waals surface area contributed by atoms with E-state index >= 15 is 0 Å². The van der Waals surface area contributed by atoms with E-state index in [0.717, 1.165) is 12.8 Å². The molecule has 2 atom stereocenters. The van der Waals surface area contributed by atoms with Crippen molar-refractivity contribution in [1.29, 1.82) is 0 Å². The minimum atomic E-state index is -0.453. The van der Waals surface area contributed by atoms with Crippen LogP contribution in [0.2, 0.25) is 0 Å². The highest BCUT2D eigenvalue weighted by molar-refractivity contribution is 5.74. The Kier molecular flexibility index (Phi) is 3.06. The van der Waals surface area contributed by atoms with Gasteiger partial charge in [0, 0.05) is 0 Å². The normalized spacial score (nSPS) is 31.5. The molecule has 0 aromatic rings. The molecular formula is C11H18O3. The highest BCUT2D eigenvalue weighted by Crippen LogP contribution is 2.32. The van der Waals surface area contributed by atoms with Crippen LogP contribution in [-0.2, 0) is 9.53 Å². The molecular weight excluding hydrogens is 180 g/mol. The van der Waals surface area contributed by atoms with Gasteiger partial charge in [0.15, 0.2) is 0 Å². The first kappa shape index (κ1) is 9.97. The topological polar surface area (TPSA) is 46.5 Å². The summed E-state index contributed by atoms with van der Waals surface area (Å²) in [5.41, 5.74) is 0. The van der Waals surface area contributed by atoms with Gasteiger partial charge in [0.2, 0.25) is 0 Å². The van der Waals surface area contributed by atoms with Crippen LogP contribution in [0.4, 0.5) is 0 Å². The number of hydrogen-bond donors (Lipinski definition) is 1. The zero-order valence-corrected chi connectivity index (χ0v) is 8.45. The molecule has 1 saturated carbocycles. The van der Waals surface area contributed by atoms with Crippen LogP contribution in [0.1, 0.15) is 38.5 Å². The number of esters is 1. The highest BCUT2D eigenvalue weighted by atomic mass is 16.5. The van der Waals surface area contributed by atoms with Gasteiger partial charge in [0.05, 0.1) is 18.6 Å². The van der Waals surface area contributed by atoms with Gasteiger partial charge in [-0.2, -0.15) is 0 Å². The number of cyclic esters (lactones) is 1. The second-order valence-corrected chi connectivity index (χ2v) is 4.45. The van der Waals surface area contributed by atoms with E-state index in [-0.39, 0.29) is 11.9 Å². The Hall–Kier alpha value is -0.570. The van der Waals surface area contributed by atoms with Crippen molar-refractivity contribution in [3.8, 4) is 0 Å². The maximum atomic E-state index is 11.3. The third-order valence-corrected chi connectivity index (χ3v) is 3.52. The Morgan fingerprint density at radius 1 is 1.21 bits per heavy atom. The lowest BCUT2D eigenvalue weighted by Gasteiger charge is -2.28. The molecule has 3 nitrogen and oxygen atoms in total. The van der Waals surface area contributed by atoms with Gasteiger partial charge in [-0.15, -0.1) is 0 Å². The lowest BCUT2D eigenvalue weighted by atomic mass is 9.80. The van der Waals surface area contributed by atoms with Crippen molar-refractivity contribution in [2.45, 2.75) is 44.6 Å². The molecule has 0 unspecified atom stereocenters. The first-order chi connectivity index (χ1) is 6.79. The van der Waals surface area contributed by atoms with E-state index < -0.39 is 6.10 Å². The average Bonchev–Trinajstić information content (AvgIpc) is 2.65. The van der Waals surface area contributed by atoms with Gasteiger partial charge in [0.25, 0.3) is 0 Å². The molecule has 14 heavy (non-hydrogen) atoms. The van der Waals surface area contributed by atoms with Crippen molar-refractivity contribution in [3.05, 3.63) is 0 Å². The van der Waals surface area contributed by atoms with Crippen LogP contribution in [0.3, 0.4) is 0 Å². The monoisotopic (exact) mass is 198 g/mol. The van der Waals surface area contributed by atoms with Crippen LogP contribution in [0.15, 0.2) is 0 Å². The first-order valence-electron chi connectivity index (χ1n) is 5.64. The summed E-state index contributed by atoms with van der Waals surface area (Å²) in [5, 5.41) is 10.0. The summed E-state index contributed by atoms with van der Waals surface area (Å²) in [4.78, 5) is 11.3. The van der Waals surface area contributed by atoms with Crippen LogP contribution in [0, 0.1) is 11.8 Å². The minimum absolute atomic E-state index is 0.192. The molecule has 1 heterocycles. The molecule has 0 spiro atoms. The maximum absolute atomic E-state index is 11.3. The molecule has 0 radical (unpaired) electrons. The van der Waals surface area contributed by atoms with Crippen molar-refractivity contribution in [3.63, 3.8) is 0 Å². The summed E-state index contributed by atoms with van der Waals surface area (Å²) < 4.78 is 4.88. The quantitative estimate of drug-likeness (QED) is 0.684. The Morgan fingerprint density at radius 2 is 1.93 bits per heavy atom. The van der Waals surface area contributed by atoms with Crippen molar-refractivity contribution >= 4 is 5.97 Å². The predicted octanol–water partition coefficient (Wildman–Crippen LogP) is 1.49. The molecule has 0 aromatic heterocycles. The molecule has 1 aliphatic carbocycles. The smallest absolute Gasteiger partial charge is 0.311 e. The fourth-order valence-electron chi connectivity index (χ4n) is 2.63. The van der Waals surface area contributed by atoms with Crippen molar-refractivity contribution < 1.29 is 14.6 Å². The largest absolute Gasteiger partial charge is 0.465 e. The summed E-state index contributed by atoms with van der Waals surface area (Å²) >= 11 is 0. The SMILES string of the molecule is O=C1OCC[C@H]1[C@@H](O)C1CCCCC1. The van der Waals surface area contributed by atoms with Gasteiger partial charge in [-0.25, -0.2) is 0 Å². The molecule has 0 aromatic carbocycles. The standard InChI is InChI=1S/C11H18O3/c12-10(8-4-2-1-3-5-8)9-6-7-14-11(9)13/h8-10,12H,1-7H2/t9-,10-/m0/s1. The highest BCUT2D eigenvalue weighted by Gasteiger charge is 2.37. The number of carbonyl (C=O) groups is 1. The van der Waals surface area contributed by atoms with E-state index in [4.69, 9.17) is 4.74 Å². The van der Waals surface area contributed by atoms with Gasteiger partial charge in [-0.05, 0) is 25.2 Å². The van der Waals surface area contributed by atoms with Gasteiger partial charge < -0.3 is 9.84 Å². The Balaban J connectivity index is 1.92. The lowest BCUT2D eigenvalue weighted by molar-refractivity contribution is -0.145. The second kappa shape index (κ2) is 4.30. The summed E-state index contributed by atoms with van der Waals surface area (Å²) in [5.74, 6) is -0.0967. The summed E-state index contributed by atoms with van der Waals surface area (Å²) in [6.45, 7) is 0.493. The van der Waals surface area contributed by atoms with E-state index in [2.05, 4.69) is 0 Å². The minimum Gasteiger partial charge on any atom is -0.465 e. The number of ether oxygens (including phenoxy) is 1. The van der Waals surface area contributed by atoms with Crippen LogP contribution >= 0.6 is 0 Å². The molecule has 1 saturated heterocycles. The van der Waals surface area contributed by atoms with Gasteiger partial charge in [-0.3, -0.25) is 4.79 Å². The van der Waals surface area contributed by atoms with Crippen molar-refractivity contribution in [1.82, 2.24) is 0 Å². The zero-order chi connectivity index (χ0) is 9.97. The maximum Gasteiger partial charge on any atom is 0.311 e. The van der Waals surface area contributed by atoms with E-state index in [1.54, 1.807) is 0 Å². The fourth-order valence-corrected chi connectivity index (χ4v) is 2.63. The lowest BCUT2D eigenvalue weighted by Crippen LogP contribution is -2.33. The molecule has 1 aliphatic heterocycles. The van der Waals surface area contributed by atoms with Crippen molar-refractivity contribution in [2.24, 2.45) is 11.8 Å². The van der Waals surface area contributed by atoms with Crippen LogP contribution < -0.4 is 0 Å². The van der Waals surface area contributed by atoms with Crippen LogP contribution in [-0.4, -0.2) is 23.8 Å². The molecule has 2 rings (SSSR count). The number of hydrogen-bond acceptors (Lipinski definition) is 3. The molecule has 0 bridgehead atoms. The molecule has 1 N–H and O–H groups in total. The first-order valence-corrected chi connectivity index (χ1v) is 5.64. The van der Waals surface area contributed by atoms with Crippen LogP contribution in [0.5, 0.6) is 0 Å². The number of carbonyl (C=O) groups excluding carboxylic acids is 1. The Labute approximate surface area is 84.4 Å². The average molecular weight is 198 g/mol. The van der Waals surface area contributed by atoms with Crippen LogP contribution in [0.25, 0.3) is 0 Å². The zero-order valence-electron chi connectivity index (χ0n) is 8.45. The molecule has 3 heteroatoms. The molecule has 2 aliphatic rings. The third kappa shape index (κ3) is 1.92. The second-order valence-electron chi connectivity index (χ2n) is 4.45.